The van der Waals surface area contributed by atoms with Crippen LogP contribution in [0, 0.1) is 17.5 Å². The van der Waals surface area contributed by atoms with Crippen molar-refractivity contribution in [2.75, 3.05) is 24.6 Å². The third-order valence-corrected chi connectivity index (χ3v) is 6.34. The van der Waals surface area contributed by atoms with E-state index in [0.29, 0.717) is 29.4 Å². The van der Waals surface area contributed by atoms with Crippen LogP contribution in [0.1, 0.15) is 16.1 Å². The summed E-state index contributed by atoms with van der Waals surface area (Å²) in [6.45, 7) is 1.27. The molecule has 0 aliphatic carbocycles. The number of aromatic nitrogens is 1. The summed E-state index contributed by atoms with van der Waals surface area (Å²) in [5, 5.41) is 2.04. The highest BCUT2D eigenvalue weighted by atomic mass is 32.2. The van der Waals surface area contributed by atoms with E-state index in [4.69, 9.17) is 4.74 Å². The van der Waals surface area contributed by atoms with Crippen LogP contribution in [0.3, 0.4) is 0 Å². The van der Waals surface area contributed by atoms with Crippen molar-refractivity contribution in [2.24, 2.45) is 0 Å². The molecule has 0 radical (unpaired) electrons. The standard InChI is InChI=1S/C21H17F3N2O2S2/c22-14-7-13(8-15(23)9-14)11-28-16-1-2-17(18(24)10-16)20-25-19(12-30-20)21(27)26-3-5-29-6-4-26/h1-2,7-10,12H,3-6,11H2. The zero-order valence-electron chi connectivity index (χ0n) is 15.7. The summed E-state index contributed by atoms with van der Waals surface area (Å²) >= 11 is 3.01. The average molecular weight is 451 g/mol. The highest BCUT2D eigenvalue weighted by Gasteiger charge is 2.22. The van der Waals surface area contributed by atoms with E-state index in [-0.39, 0.29) is 23.8 Å². The monoisotopic (exact) mass is 450 g/mol. The van der Waals surface area contributed by atoms with Gasteiger partial charge in [-0.3, -0.25) is 4.79 Å². The molecule has 0 N–H and O–H groups in total. The first-order valence-corrected chi connectivity index (χ1v) is 11.2. The van der Waals surface area contributed by atoms with Gasteiger partial charge < -0.3 is 9.64 Å². The van der Waals surface area contributed by atoms with E-state index in [1.54, 1.807) is 16.3 Å². The molecule has 1 saturated heterocycles. The van der Waals surface area contributed by atoms with E-state index in [0.717, 1.165) is 29.7 Å². The fourth-order valence-corrected chi connectivity index (χ4v) is 4.77. The number of hydrogen-bond donors (Lipinski definition) is 0. The van der Waals surface area contributed by atoms with Gasteiger partial charge in [-0.1, -0.05) is 0 Å². The molecule has 3 aromatic rings. The van der Waals surface area contributed by atoms with Crippen LogP contribution >= 0.6 is 23.1 Å². The summed E-state index contributed by atoms with van der Waals surface area (Å²) in [6, 6.07) is 7.34. The molecular weight excluding hydrogens is 433 g/mol. The van der Waals surface area contributed by atoms with Gasteiger partial charge in [0, 0.05) is 47.7 Å². The predicted octanol–water partition coefficient (Wildman–Crippen LogP) is 5.00. The first kappa shape index (κ1) is 20.7. The summed E-state index contributed by atoms with van der Waals surface area (Å²) < 4.78 is 46.6. The fourth-order valence-electron chi connectivity index (χ4n) is 3.04. The van der Waals surface area contributed by atoms with E-state index in [2.05, 4.69) is 4.98 Å². The predicted molar refractivity (Wildman–Crippen MR) is 111 cm³/mol. The third kappa shape index (κ3) is 4.79. The second kappa shape index (κ2) is 9.09. The maximum Gasteiger partial charge on any atom is 0.273 e. The van der Waals surface area contributed by atoms with E-state index < -0.39 is 17.5 Å². The Morgan fingerprint density at radius 3 is 2.50 bits per heavy atom. The lowest BCUT2D eigenvalue weighted by Gasteiger charge is -2.25. The molecule has 30 heavy (non-hydrogen) atoms. The molecule has 1 aliphatic heterocycles. The minimum atomic E-state index is -0.701. The van der Waals surface area contributed by atoms with Gasteiger partial charge in [0.1, 0.15) is 40.5 Å². The average Bonchev–Trinajstić information content (AvgIpc) is 3.21. The summed E-state index contributed by atoms with van der Waals surface area (Å²) in [5.74, 6) is -0.0665. The molecule has 4 rings (SSSR count). The number of nitrogens with zero attached hydrogens (tertiary/aromatic N) is 2. The fraction of sp³-hybridized carbons (Fsp3) is 0.238. The van der Waals surface area contributed by atoms with Gasteiger partial charge in [0.05, 0.1) is 0 Å². The second-order valence-corrected chi connectivity index (χ2v) is 8.73. The highest BCUT2D eigenvalue weighted by molar-refractivity contribution is 7.99. The number of thioether (sulfide) groups is 1. The number of thiazole rings is 1. The Morgan fingerprint density at radius 2 is 1.80 bits per heavy atom. The van der Waals surface area contributed by atoms with Gasteiger partial charge in [-0.05, 0) is 29.8 Å². The summed E-state index contributed by atoms with van der Waals surface area (Å²) in [5.41, 5.74) is 0.878. The highest BCUT2D eigenvalue weighted by Crippen LogP contribution is 2.30. The van der Waals surface area contributed by atoms with Crippen molar-refractivity contribution in [3.63, 3.8) is 0 Å². The Labute approximate surface area is 179 Å². The molecule has 4 nitrogen and oxygen atoms in total. The Hall–Kier alpha value is -2.52. The normalized spacial score (nSPS) is 14.0. The molecule has 0 saturated carbocycles. The smallest absolute Gasteiger partial charge is 0.273 e. The number of carbonyl (C=O) groups is 1. The molecule has 2 aromatic carbocycles. The lowest BCUT2D eigenvalue weighted by molar-refractivity contribution is 0.0767. The molecule has 0 bridgehead atoms. The minimum Gasteiger partial charge on any atom is -0.489 e. The van der Waals surface area contributed by atoms with Gasteiger partial charge in [0.15, 0.2) is 0 Å². The number of hydrogen-bond acceptors (Lipinski definition) is 5. The largest absolute Gasteiger partial charge is 0.489 e. The SMILES string of the molecule is O=C(c1csc(-c2ccc(OCc3cc(F)cc(F)c3)cc2F)n1)N1CCSCC1. The van der Waals surface area contributed by atoms with Crippen molar-refractivity contribution in [3.05, 3.63) is 70.5 Å². The number of ether oxygens (including phenoxy) is 1. The van der Waals surface area contributed by atoms with E-state index in [1.165, 1.54) is 23.5 Å². The van der Waals surface area contributed by atoms with Crippen molar-refractivity contribution in [2.45, 2.75) is 6.61 Å². The van der Waals surface area contributed by atoms with Gasteiger partial charge >= 0.3 is 0 Å². The Balaban J connectivity index is 1.45. The molecule has 1 aromatic heterocycles. The van der Waals surface area contributed by atoms with Crippen LogP contribution in [0.4, 0.5) is 13.2 Å². The lowest BCUT2D eigenvalue weighted by atomic mass is 10.2. The zero-order chi connectivity index (χ0) is 21.1. The van der Waals surface area contributed by atoms with Crippen LogP contribution in [0.5, 0.6) is 5.75 Å². The van der Waals surface area contributed by atoms with Gasteiger partial charge in [-0.15, -0.1) is 11.3 Å². The Kier molecular flexibility index (Phi) is 6.29. The van der Waals surface area contributed by atoms with Crippen LogP contribution < -0.4 is 4.74 Å². The van der Waals surface area contributed by atoms with Gasteiger partial charge in [-0.25, -0.2) is 18.2 Å². The molecule has 0 unspecified atom stereocenters. The lowest BCUT2D eigenvalue weighted by Crippen LogP contribution is -2.38. The Bertz CT molecular complexity index is 1050. The number of amides is 1. The van der Waals surface area contributed by atoms with Crippen molar-refractivity contribution in [3.8, 4) is 16.3 Å². The zero-order valence-corrected chi connectivity index (χ0v) is 17.4. The molecule has 156 valence electrons. The van der Waals surface area contributed by atoms with Crippen LogP contribution in [-0.2, 0) is 6.61 Å². The first-order chi connectivity index (χ1) is 14.5. The summed E-state index contributed by atoms with van der Waals surface area (Å²) in [6.07, 6.45) is 0. The molecule has 0 spiro atoms. The topological polar surface area (TPSA) is 42.4 Å². The second-order valence-electron chi connectivity index (χ2n) is 6.65. The number of benzene rings is 2. The van der Waals surface area contributed by atoms with E-state index in [9.17, 15) is 18.0 Å². The maximum atomic E-state index is 14.6. The van der Waals surface area contributed by atoms with Gasteiger partial charge in [0.2, 0.25) is 0 Å². The third-order valence-electron chi connectivity index (χ3n) is 4.52. The summed E-state index contributed by atoms with van der Waals surface area (Å²) in [7, 11) is 0. The van der Waals surface area contributed by atoms with E-state index in [1.807, 2.05) is 11.8 Å². The van der Waals surface area contributed by atoms with Crippen molar-refractivity contribution < 1.29 is 22.7 Å². The number of carbonyl (C=O) groups excluding carboxylic acids is 1. The molecule has 9 heteroatoms. The molecule has 0 atom stereocenters. The summed E-state index contributed by atoms with van der Waals surface area (Å²) in [4.78, 5) is 18.6. The Morgan fingerprint density at radius 1 is 1.07 bits per heavy atom. The van der Waals surface area contributed by atoms with Crippen LogP contribution in [0.2, 0.25) is 0 Å². The molecule has 1 aliphatic rings. The van der Waals surface area contributed by atoms with Gasteiger partial charge in [0.25, 0.3) is 5.91 Å². The molecule has 2 heterocycles. The van der Waals surface area contributed by atoms with Crippen LogP contribution in [0.15, 0.2) is 41.8 Å². The van der Waals surface area contributed by atoms with E-state index >= 15 is 0 Å². The number of halogens is 3. The minimum absolute atomic E-state index is 0.0997. The molecule has 1 amide bonds. The molecule has 1 fully saturated rings. The maximum absolute atomic E-state index is 14.6. The van der Waals surface area contributed by atoms with Crippen molar-refractivity contribution in [1.29, 1.82) is 0 Å². The first-order valence-electron chi connectivity index (χ1n) is 9.20. The van der Waals surface area contributed by atoms with Crippen molar-refractivity contribution in [1.82, 2.24) is 9.88 Å². The van der Waals surface area contributed by atoms with Gasteiger partial charge in [-0.2, -0.15) is 11.8 Å². The quantitative estimate of drug-likeness (QED) is 0.549. The van der Waals surface area contributed by atoms with Crippen LogP contribution in [-0.4, -0.2) is 40.4 Å². The van der Waals surface area contributed by atoms with Crippen molar-refractivity contribution >= 4 is 29.0 Å². The molecular formula is C21H17F3N2O2S2. The number of rotatable bonds is 5. The van der Waals surface area contributed by atoms with Crippen LogP contribution in [0.25, 0.3) is 10.6 Å².